The number of rotatable bonds is 19. The van der Waals surface area contributed by atoms with Crippen LogP contribution in [-0.4, -0.2) is 13.2 Å². The summed E-state index contributed by atoms with van der Waals surface area (Å²) in [6.07, 6.45) is 13.8. The Balaban J connectivity index is 2.71. The molecule has 4 nitrogen and oxygen atoms in total. The van der Waals surface area contributed by atoms with E-state index in [1.54, 1.807) is 0 Å². The quantitative estimate of drug-likeness (QED) is 0.150. The molecular formula is C27H49O4P. The van der Waals surface area contributed by atoms with E-state index in [2.05, 4.69) is 39.8 Å². The molecule has 5 heteroatoms. The molecule has 0 aromatic heterocycles. The zero-order valence-electron chi connectivity index (χ0n) is 21.7. The van der Waals surface area contributed by atoms with Crippen LogP contribution in [0.25, 0.3) is 0 Å². The Morgan fingerprint density at radius 3 is 1.53 bits per heavy atom. The fourth-order valence-corrected chi connectivity index (χ4v) is 5.18. The zero-order valence-corrected chi connectivity index (χ0v) is 22.6. The third-order valence-electron chi connectivity index (χ3n) is 5.85. The number of aryl methyl sites for hydroxylation is 2. The van der Waals surface area contributed by atoms with Gasteiger partial charge in [-0.15, -0.1) is 0 Å². The molecular weight excluding hydrogens is 419 g/mol. The standard InChI is InChI=1S/C27H49O4P/c1-7-9-11-13-15-17-19-29-32(28,30-20-18-16-14-12-10-8-2)31-27-24(5)21-26(23(3)4)22-25(27)6/h21-23H,7-20H2,1-6H3. The molecule has 1 aromatic rings. The number of phosphoric acid groups is 1. The number of benzene rings is 1. The van der Waals surface area contributed by atoms with Gasteiger partial charge in [-0.05, 0) is 49.3 Å². The highest BCUT2D eigenvalue weighted by Crippen LogP contribution is 2.51. The van der Waals surface area contributed by atoms with Crippen LogP contribution >= 0.6 is 7.82 Å². The summed E-state index contributed by atoms with van der Waals surface area (Å²) < 4.78 is 31.1. The zero-order chi connectivity index (χ0) is 23.8. The summed E-state index contributed by atoms with van der Waals surface area (Å²) in [7, 11) is -3.66. The SMILES string of the molecule is CCCCCCCCOP(=O)(OCCCCCCCC)Oc1c(C)cc(C(C)C)cc1C. The van der Waals surface area contributed by atoms with Crippen molar-refractivity contribution in [3.05, 3.63) is 28.8 Å². The Bertz CT molecular complexity index is 627. The van der Waals surface area contributed by atoms with Crippen LogP contribution < -0.4 is 4.52 Å². The Kier molecular flexibility index (Phi) is 15.3. The lowest BCUT2D eigenvalue weighted by molar-refractivity contribution is 0.150. The highest BCUT2D eigenvalue weighted by atomic mass is 31.2. The van der Waals surface area contributed by atoms with Gasteiger partial charge in [0.15, 0.2) is 0 Å². The van der Waals surface area contributed by atoms with Gasteiger partial charge in [0.25, 0.3) is 0 Å². The molecule has 0 aliphatic heterocycles. The van der Waals surface area contributed by atoms with Crippen LogP contribution in [0.15, 0.2) is 12.1 Å². The normalized spacial score (nSPS) is 12.0. The van der Waals surface area contributed by atoms with E-state index in [1.807, 2.05) is 13.8 Å². The number of hydrogen-bond acceptors (Lipinski definition) is 4. The summed E-state index contributed by atoms with van der Waals surface area (Å²) in [5, 5.41) is 0. The van der Waals surface area contributed by atoms with Crippen molar-refractivity contribution in [3.8, 4) is 5.75 Å². The Morgan fingerprint density at radius 1 is 0.719 bits per heavy atom. The first kappa shape index (κ1) is 29.2. The lowest BCUT2D eigenvalue weighted by Gasteiger charge is -2.22. The Morgan fingerprint density at radius 2 is 1.12 bits per heavy atom. The molecule has 0 N–H and O–H groups in total. The molecule has 1 rings (SSSR count). The molecule has 0 fully saturated rings. The molecule has 1 aromatic carbocycles. The topological polar surface area (TPSA) is 44.8 Å². The van der Waals surface area contributed by atoms with Crippen LogP contribution in [0.4, 0.5) is 0 Å². The molecule has 0 unspecified atom stereocenters. The second-order valence-electron chi connectivity index (χ2n) is 9.38. The minimum absolute atomic E-state index is 0.405. The summed E-state index contributed by atoms with van der Waals surface area (Å²) >= 11 is 0. The first-order chi connectivity index (χ1) is 15.3. The first-order valence-corrected chi connectivity index (χ1v) is 14.5. The van der Waals surface area contributed by atoms with E-state index in [9.17, 15) is 4.57 Å². The summed E-state index contributed by atoms with van der Waals surface area (Å²) in [5.41, 5.74) is 3.20. The van der Waals surface area contributed by atoms with Crippen molar-refractivity contribution >= 4 is 7.82 Å². The van der Waals surface area contributed by atoms with Gasteiger partial charge in [0, 0.05) is 0 Å². The van der Waals surface area contributed by atoms with Crippen LogP contribution in [0.3, 0.4) is 0 Å². The van der Waals surface area contributed by atoms with E-state index in [0.29, 0.717) is 24.9 Å². The average Bonchev–Trinajstić information content (AvgIpc) is 2.75. The van der Waals surface area contributed by atoms with Gasteiger partial charge in [-0.2, -0.15) is 0 Å². The van der Waals surface area contributed by atoms with Crippen LogP contribution in [0.5, 0.6) is 5.75 Å². The van der Waals surface area contributed by atoms with Crippen molar-refractivity contribution in [1.29, 1.82) is 0 Å². The largest absolute Gasteiger partial charge is 0.530 e. The fraction of sp³-hybridized carbons (Fsp3) is 0.778. The molecule has 0 amide bonds. The molecule has 0 aliphatic rings. The molecule has 186 valence electrons. The van der Waals surface area contributed by atoms with Crippen LogP contribution in [-0.2, 0) is 13.6 Å². The van der Waals surface area contributed by atoms with Crippen LogP contribution in [0.2, 0.25) is 0 Å². The highest BCUT2D eigenvalue weighted by Gasteiger charge is 2.30. The summed E-state index contributed by atoms with van der Waals surface area (Å²) in [6.45, 7) is 13.6. The van der Waals surface area contributed by atoms with Crippen LogP contribution in [0, 0.1) is 13.8 Å². The van der Waals surface area contributed by atoms with Gasteiger partial charge in [0.05, 0.1) is 13.2 Å². The number of unbranched alkanes of at least 4 members (excludes halogenated alkanes) is 10. The molecule has 0 aliphatic carbocycles. The molecule has 0 saturated carbocycles. The third-order valence-corrected chi connectivity index (χ3v) is 7.25. The second kappa shape index (κ2) is 16.7. The van der Waals surface area contributed by atoms with Crippen LogP contribution in [0.1, 0.15) is 127 Å². The van der Waals surface area contributed by atoms with Gasteiger partial charge in [-0.25, -0.2) is 4.57 Å². The van der Waals surface area contributed by atoms with Crippen molar-refractivity contribution in [2.75, 3.05) is 13.2 Å². The Hall–Kier alpha value is -0.830. The van der Waals surface area contributed by atoms with Gasteiger partial charge in [-0.3, -0.25) is 9.05 Å². The van der Waals surface area contributed by atoms with E-state index >= 15 is 0 Å². The van der Waals surface area contributed by atoms with Gasteiger partial charge >= 0.3 is 7.82 Å². The van der Waals surface area contributed by atoms with E-state index in [4.69, 9.17) is 13.6 Å². The third kappa shape index (κ3) is 11.9. The van der Waals surface area contributed by atoms with E-state index in [1.165, 1.54) is 56.9 Å². The summed E-state index contributed by atoms with van der Waals surface area (Å²) in [4.78, 5) is 0. The molecule has 32 heavy (non-hydrogen) atoms. The minimum Gasteiger partial charge on any atom is -0.403 e. The molecule has 0 heterocycles. The predicted molar refractivity (Wildman–Crippen MR) is 137 cm³/mol. The smallest absolute Gasteiger partial charge is 0.403 e. The van der Waals surface area contributed by atoms with Crippen molar-refractivity contribution in [2.24, 2.45) is 0 Å². The molecule has 0 radical (unpaired) electrons. The van der Waals surface area contributed by atoms with Crippen molar-refractivity contribution in [1.82, 2.24) is 0 Å². The fourth-order valence-electron chi connectivity index (χ4n) is 3.78. The van der Waals surface area contributed by atoms with Crippen molar-refractivity contribution < 1.29 is 18.1 Å². The molecule has 0 atom stereocenters. The predicted octanol–water partition coefficient (Wildman–Crippen LogP) is 9.67. The lowest BCUT2D eigenvalue weighted by atomic mass is 9.98. The van der Waals surface area contributed by atoms with Gasteiger partial charge < -0.3 is 4.52 Å². The van der Waals surface area contributed by atoms with E-state index in [-0.39, 0.29) is 0 Å². The second-order valence-corrected chi connectivity index (χ2v) is 11.0. The maximum absolute atomic E-state index is 13.5. The van der Waals surface area contributed by atoms with E-state index < -0.39 is 7.82 Å². The van der Waals surface area contributed by atoms with E-state index in [0.717, 1.165) is 36.8 Å². The minimum atomic E-state index is -3.66. The maximum atomic E-state index is 13.5. The lowest BCUT2D eigenvalue weighted by Crippen LogP contribution is -2.07. The highest BCUT2D eigenvalue weighted by molar-refractivity contribution is 7.48. The number of hydrogen-bond donors (Lipinski definition) is 0. The van der Waals surface area contributed by atoms with Crippen molar-refractivity contribution in [3.63, 3.8) is 0 Å². The summed E-state index contributed by atoms with van der Waals surface area (Å²) in [6, 6.07) is 4.22. The monoisotopic (exact) mass is 468 g/mol. The number of phosphoric ester groups is 1. The molecule has 0 spiro atoms. The van der Waals surface area contributed by atoms with Gasteiger partial charge in [-0.1, -0.05) is 104 Å². The molecule has 0 saturated heterocycles. The summed E-state index contributed by atoms with van der Waals surface area (Å²) in [5.74, 6) is 1.06. The maximum Gasteiger partial charge on any atom is 0.530 e. The molecule has 0 bridgehead atoms. The average molecular weight is 469 g/mol. The van der Waals surface area contributed by atoms with Gasteiger partial charge in [0.1, 0.15) is 5.75 Å². The van der Waals surface area contributed by atoms with Crippen molar-refractivity contribution in [2.45, 2.75) is 125 Å². The first-order valence-electron chi connectivity index (χ1n) is 13.0. The Labute approximate surface area is 198 Å². The van der Waals surface area contributed by atoms with Gasteiger partial charge in [0.2, 0.25) is 0 Å².